The van der Waals surface area contributed by atoms with Crippen molar-refractivity contribution >= 4 is 29.2 Å². The van der Waals surface area contributed by atoms with E-state index in [0.29, 0.717) is 19.1 Å². The van der Waals surface area contributed by atoms with Gasteiger partial charge in [0, 0.05) is 18.1 Å². The molecule has 7 heteroatoms. The van der Waals surface area contributed by atoms with E-state index >= 15 is 0 Å². The van der Waals surface area contributed by atoms with E-state index in [1.165, 1.54) is 29.4 Å². The monoisotopic (exact) mass is 541 g/mol. The maximum atomic E-state index is 12.9. The summed E-state index contributed by atoms with van der Waals surface area (Å²) in [7, 11) is 1.35. The Morgan fingerprint density at radius 1 is 1.08 bits per heavy atom. The number of aryl methyl sites for hydroxylation is 1. The molecule has 38 heavy (non-hydrogen) atoms. The Morgan fingerprint density at radius 2 is 1.79 bits per heavy atom. The summed E-state index contributed by atoms with van der Waals surface area (Å²) in [6.45, 7) is 11.1. The lowest BCUT2D eigenvalue weighted by atomic mass is 9.86. The normalized spacial score (nSPS) is 14.0. The highest BCUT2D eigenvalue weighted by atomic mass is 35.5. The number of carbonyl (C=O) groups excluding carboxylic acids is 2. The van der Waals surface area contributed by atoms with Crippen LogP contribution in [0.1, 0.15) is 64.2 Å². The Balaban J connectivity index is 1.67. The number of hydrogen-bond donors (Lipinski definition) is 0. The first-order valence-corrected chi connectivity index (χ1v) is 13.6. The first kappa shape index (κ1) is 29.6. The molecule has 0 unspecified atom stereocenters. The van der Waals surface area contributed by atoms with Crippen molar-refractivity contribution in [3.8, 4) is 5.75 Å². The molecule has 6 nitrogen and oxygen atoms in total. The van der Waals surface area contributed by atoms with Gasteiger partial charge < -0.3 is 19.1 Å². The minimum Gasteiger partial charge on any atom is -0.493 e. The fraction of sp³-hybridized carbons (Fsp3) is 0.484. The highest BCUT2D eigenvalue weighted by Crippen LogP contribution is 2.34. The summed E-state index contributed by atoms with van der Waals surface area (Å²) < 4.78 is 16.5. The van der Waals surface area contributed by atoms with Gasteiger partial charge in [0.1, 0.15) is 11.4 Å². The maximum Gasteiger partial charge on any atom is 0.410 e. The zero-order chi connectivity index (χ0) is 27.9. The molecule has 1 aliphatic carbocycles. The number of fused-ring (bicyclic) bond motifs is 1. The van der Waals surface area contributed by atoms with E-state index in [4.69, 9.17) is 25.8 Å². The molecule has 1 amide bonds. The average Bonchev–Trinajstić information content (AvgIpc) is 2.86. The number of benzene rings is 2. The second kappa shape index (κ2) is 13.2. The van der Waals surface area contributed by atoms with Gasteiger partial charge in [-0.15, -0.1) is 0 Å². The average molecular weight is 542 g/mol. The number of rotatable bonds is 10. The number of esters is 1. The van der Waals surface area contributed by atoms with Crippen LogP contribution in [0.2, 0.25) is 5.02 Å². The summed E-state index contributed by atoms with van der Waals surface area (Å²) in [6, 6.07) is 14.2. The van der Waals surface area contributed by atoms with Crippen LogP contribution in [-0.2, 0) is 27.1 Å². The van der Waals surface area contributed by atoms with Gasteiger partial charge in [-0.3, -0.25) is 4.79 Å². The number of allylic oxidation sites excluding steroid dienone is 1. The summed E-state index contributed by atoms with van der Waals surface area (Å²) >= 11 is 5.99. The van der Waals surface area contributed by atoms with E-state index in [0.717, 1.165) is 35.6 Å². The number of hydrogen-bond acceptors (Lipinski definition) is 5. The SMILES string of the molecule is COC(=O)CCN(CC1=C(C)c2ccc(OC[C@@H](C)Cc3ccc(Cl)cc3)cc2CC1)C(=O)OC(C)(C)C. The van der Waals surface area contributed by atoms with E-state index in [1.807, 2.05) is 39.0 Å². The van der Waals surface area contributed by atoms with Crippen LogP contribution in [0.15, 0.2) is 48.0 Å². The lowest BCUT2D eigenvalue weighted by Gasteiger charge is -2.30. The first-order valence-electron chi connectivity index (χ1n) is 13.2. The number of methoxy groups -OCH3 is 1. The molecule has 0 N–H and O–H groups in total. The highest BCUT2D eigenvalue weighted by molar-refractivity contribution is 6.30. The molecule has 0 bridgehead atoms. The van der Waals surface area contributed by atoms with E-state index < -0.39 is 11.7 Å². The van der Waals surface area contributed by atoms with Crippen LogP contribution in [0, 0.1) is 5.92 Å². The third-order valence-corrected chi connectivity index (χ3v) is 6.84. The second-order valence-corrected chi connectivity index (χ2v) is 11.5. The zero-order valence-electron chi connectivity index (χ0n) is 23.4. The molecule has 0 fully saturated rings. The molecule has 206 valence electrons. The van der Waals surface area contributed by atoms with E-state index in [1.54, 1.807) is 4.90 Å². The fourth-order valence-corrected chi connectivity index (χ4v) is 4.66. The van der Waals surface area contributed by atoms with E-state index in [9.17, 15) is 9.59 Å². The van der Waals surface area contributed by atoms with Crippen LogP contribution in [0.5, 0.6) is 5.75 Å². The summed E-state index contributed by atoms with van der Waals surface area (Å²) in [5.74, 6) is 0.883. The van der Waals surface area contributed by atoms with Gasteiger partial charge in [-0.2, -0.15) is 0 Å². The van der Waals surface area contributed by atoms with Crippen LogP contribution in [0.4, 0.5) is 4.79 Å². The van der Waals surface area contributed by atoms with Crippen LogP contribution >= 0.6 is 11.6 Å². The maximum absolute atomic E-state index is 12.9. The van der Waals surface area contributed by atoms with Crippen LogP contribution in [0.3, 0.4) is 0 Å². The van der Waals surface area contributed by atoms with Gasteiger partial charge in [-0.05, 0) is 105 Å². The molecule has 3 rings (SSSR count). The number of carbonyl (C=O) groups is 2. The van der Waals surface area contributed by atoms with Crippen molar-refractivity contribution in [1.29, 1.82) is 0 Å². The van der Waals surface area contributed by atoms with Gasteiger partial charge in [-0.25, -0.2) is 4.79 Å². The minimum absolute atomic E-state index is 0.121. The molecule has 1 atom stereocenters. The predicted octanol–water partition coefficient (Wildman–Crippen LogP) is 7.12. The van der Waals surface area contributed by atoms with Crippen molar-refractivity contribution in [2.24, 2.45) is 5.92 Å². The Kier molecular flexibility index (Phi) is 10.3. The summed E-state index contributed by atoms with van der Waals surface area (Å²) in [5.41, 5.74) is 5.36. The molecule has 0 radical (unpaired) electrons. The Bertz CT molecular complexity index is 1150. The van der Waals surface area contributed by atoms with Crippen molar-refractivity contribution in [2.75, 3.05) is 26.8 Å². The predicted molar refractivity (Wildman–Crippen MR) is 152 cm³/mol. The molecule has 0 saturated carbocycles. The number of ether oxygens (including phenoxy) is 3. The van der Waals surface area contributed by atoms with Gasteiger partial charge in [-0.1, -0.05) is 36.7 Å². The lowest BCUT2D eigenvalue weighted by molar-refractivity contribution is -0.140. The van der Waals surface area contributed by atoms with Gasteiger partial charge in [0.15, 0.2) is 0 Å². The molecular weight excluding hydrogens is 502 g/mol. The summed E-state index contributed by atoms with van der Waals surface area (Å²) in [5, 5.41) is 0.748. The second-order valence-electron chi connectivity index (χ2n) is 11.0. The van der Waals surface area contributed by atoms with Crippen molar-refractivity contribution in [3.05, 3.63) is 69.8 Å². The van der Waals surface area contributed by atoms with Crippen LogP contribution in [0.25, 0.3) is 5.57 Å². The topological polar surface area (TPSA) is 65.1 Å². The molecule has 1 aliphatic rings. The third-order valence-electron chi connectivity index (χ3n) is 6.59. The Hall–Kier alpha value is -2.99. The molecule has 0 saturated heterocycles. The quantitative estimate of drug-likeness (QED) is 0.300. The summed E-state index contributed by atoms with van der Waals surface area (Å²) in [4.78, 5) is 26.2. The molecular formula is C31H40ClNO5. The molecule has 0 spiro atoms. The van der Waals surface area contributed by atoms with Crippen molar-refractivity contribution in [3.63, 3.8) is 0 Å². The third kappa shape index (κ3) is 8.80. The molecule has 0 heterocycles. The fourth-order valence-electron chi connectivity index (χ4n) is 4.53. The summed E-state index contributed by atoms with van der Waals surface area (Å²) in [6.07, 6.45) is 2.31. The molecule has 2 aromatic rings. The van der Waals surface area contributed by atoms with Crippen molar-refractivity contribution in [1.82, 2.24) is 4.90 Å². The first-order chi connectivity index (χ1) is 17.9. The van der Waals surface area contributed by atoms with Gasteiger partial charge in [0.2, 0.25) is 0 Å². The van der Waals surface area contributed by atoms with Crippen LogP contribution in [-0.4, -0.2) is 49.4 Å². The van der Waals surface area contributed by atoms with Crippen molar-refractivity contribution < 1.29 is 23.8 Å². The minimum atomic E-state index is -0.619. The van der Waals surface area contributed by atoms with Gasteiger partial charge in [0.05, 0.1) is 20.1 Å². The van der Waals surface area contributed by atoms with Crippen molar-refractivity contribution in [2.45, 2.75) is 65.9 Å². The van der Waals surface area contributed by atoms with Gasteiger partial charge >= 0.3 is 12.1 Å². The smallest absolute Gasteiger partial charge is 0.410 e. The lowest BCUT2D eigenvalue weighted by Crippen LogP contribution is -2.39. The zero-order valence-corrected chi connectivity index (χ0v) is 24.2. The number of nitrogens with zero attached hydrogens (tertiary/aromatic N) is 1. The Morgan fingerprint density at radius 3 is 2.45 bits per heavy atom. The Labute approximate surface area is 231 Å². The van der Waals surface area contributed by atoms with E-state index in [-0.39, 0.29) is 18.9 Å². The molecule has 0 aromatic heterocycles. The number of halogens is 1. The molecule has 0 aliphatic heterocycles. The van der Waals surface area contributed by atoms with E-state index in [2.05, 4.69) is 38.1 Å². The van der Waals surface area contributed by atoms with Gasteiger partial charge in [0.25, 0.3) is 0 Å². The highest BCUT2D eigenvalue weighted by Gasteiger charge is 2.26. The largest absolute Gasteiger partial charge is 0.493 e. The number of amides is 1. The van der Waals surface area contributed by atoms with Crippen LogP contribution < -0.4 is 4.74 Å². The molecule has 2 aromatic carbocycles. The standard InChI is InChI=1S/C31H40ClNO5/c1-21(17-23-7-11-26(32)12-8-23)20-37-27-13-14-28-22(2)25(10-9-24(28)18-27)19-33(16-15-29(34)36-6)30(35)38-31(3,4)5/h7-8,11-14,18,21H,9-10,15-17,19-20H2,1-6H3/t21-/m0/s1.